The van der Waals surface area contributed by atoms with E-state index in [-0.39, 0.29) is 5.78 Å². The number of carbonyl (C=O) groups excluding carboxylic acids is 1. The second kappa shape index (κ2) is 3.49. The highest BCUT2D eigenvalue weighted by Gasteiger charge is 2.10. The lowest BCUT2D eigenvalue weighted by molar-refractivity contribution is 0.0985. The van der Waals surface area contributed by atoms with Crippen LogP contribution in [-0.4, -0.2) is 22.1 Å². The van der Waals surface area contributed by atoms with Gasteiger partial charge in [0.15, 0.2) is 5.78 Å². The fourth-order valence-corrected chi connectivity index (χ4v) is 1.04. The van der Waals surface area contributed by atoms with E-state index in [2.05, 4.69) is 5.10 Å². The molecule has 4 nitrogen and oxygen atoms in total. The number of Topliss-reactive ketones (excluding diaryl/α,β-unsaturated/α-hetero) is 1. The fraction of sp³-hybridized carbons (Fsp3) is 0.500. The molecule has 0 saturated heterocycles. The summed E-state index contributed by atoms with van der Waals surface area (Å²) in [5.41, 5.74) is 6.86. The van der Waals surface area contributed by atoms with Crippen LogP contribution >= 0.6 is 0 Å². The van der Waals surface area contributed by atoms with Crippen molar-refractivity contribution in [3.8, 4) is 0 Å². The first kappa shape index (κ1) is 8.93. The van der Waals surface area contributed by atoms with Crippen molar-refractivity contribution < 1.29 is 4.79 Å². The molecule has 0 aliphatic rings. The van der Waals surface area contributed by atoms with E-state index < -0.39 is 0 Å². The quantitative estimate of drug-likeness (QED) is 0.657. The number of ketones is 1. The molecule has 1 heterocycles. The predicted octanol–water partition coefficient (Wildman–Crippen LogP) is 0.260. The number of nitrogens with zero attached hydrogens (tertiary/aromatic N) is 2. The third-order valence-electron chi connectivity index (χ3n) is 1.91. The molecule has 1 aromatic rings. The third-order valence-corrected chi connectivity index (χ3v) is 1.91. The molecular formula is C8H13N3O. The second-order valence-electron chi connectivity index (χ2n) is 2.73. The van der Waals surface area contributed by atoms with Crippen molar-refractivity contribution in [1.29, 1.82) is 0 Å². The molecule has 0 spiro atoms. The van der Waals surface area contributed by atoms with Crippen LogP contribution in [-0.2, 0) is 7.05 Å². The summed E-state index contributed by atoms with van der Waals surface area (Å²) in [5, 5.41) is 3.97. The molecule has 2 N–H and O–H groups in total. The first-order valence-corrected chi connectivity index (χ1v) is 3.88. The monoisotopic (exact) mass is 167 g/mol. The average molecular weight is 167 g/mol. The number of carbonyl (C=O) groups is 1. The van der Waals surface area contributed by atoms with Crippen LogP contribution in [0.5, 0.6) is 0 Å². The van der Waals surface area contributed by atoms with Crippen LogP contribution < -0.4 is 5.73 Å². The van der Waals surface area contributed by atoms with E-state index in [1.807, 2.05) is 14.0 Å². The van der Waals surface area contributed by atoms with Gasteiger partial charge in [0.05, 0.1) is 11.8 Å². The second-order valence-corrected chi connectivity index (χ2v) is 2.73. The van der Waals surface area contributed by atoms with Crippen LogP contribution in [0.4, 0.5) is 0 Å². The summed E-state index contributed by atoms with van der Waals surface area (Å²) in [5.74, 6) is 0.0723. The molecule has 0 fully saturated rings. The first-order chi connectivity index (χ1) is 5.66. The molecule has 0 aliphatic heterocycles. The molecule has 1 aromatic heterocycles. The van der Waals surface area contributed by atoms with E-state index in [0.717, 1.165) is 5.69 Å². The van der Waals surface area contributed by atoms with Gasteiger partial charge in [-0.3, -0.25) is 9.48 Å². The molecule has 1 rings (SSSR count). The summed E-state index contributed by atoms with van der Waals surface area (Å²) in [7, 11) is 1.81. The molecule has 0 radical (unpaired) electrons. The van der Waals surface area contributed by atoms with Gasteiger partial charge in [0.2, 0.25) is 0 Å². The van der Waals surface area contributed by atoms with Crippen LogP contribution in [0.15, 0.2) is 6.20 Å². The van der Waals surface area contributed by atoms with Gasteiger partial charge in [0, 0.05) is 19.2 Å². The van der Waals surface area contributed by atoms with Gasteiger partial charge in [0.25, 0.3) is 0 Å². The zero-order chi connectivity index (χ0) is 9.14. The van der Waals surface area contributed by atoms with Crippen LogP contribution in [0.1, 0.15) is 22.5 Å². The largest absolute Gasteiger partial charge is 0.330 e. The highest BCUT2D eigenvalue weighted by molar-refractivity contribution is 5.96. The summed E-state index contributed by atoms with van der Waals surface area (Å²) in [6, 6.07) is 0. The lowest BCUT2D eigenvalue weighted by Gasteiger charge is -1.97. The molecule has 12 heavy (non-hydrogen) atoms. The predicted molar refractivity (Wildman–Crippen MR) is 45.9 cm³/mol. The van der Waals surface area contributed by atoms with Crippen LogP contribution in [0.2, 0.25) is 0 Å². The minimum absolute atomic E-state index is 0.0723. The Balaban J connectivity index is 2.88. The van der Waals surface area contributed by atoms with Crippen molar-refractivity contribution in [3.05, 3.63) is 17.5 Å². The van der Waals surface area contributed by atoms with Crippen LogP contribution in [0.25, 0.3) is 0 Å². The molecule has 0 atom stereocenters. The van der Waals surface area contributed by atoms with E-state index in [9.17, 15) is 4.79 Å². The average Bonchev–Trinajstić information content (AvgIpc) is 2.34. The van der Waals surface area contributed by atoms with Crippen molar-refractivity contribution in [1.82, 2.24) is 9.78 Å². The van der Waals surface area contributed by atoms with E-state index in [0.29, 0.717) is 18.5 Å². The summed E-state index contributed by atoms with van der Waals surface area (Å²) < 4.78 is 1.68. The minimum Gasteiger partial charge on any atom is -0.330 e. The molecule has 0 aromatic carbocycles. The molecule has 0 saturated carbocycles. The van der Waals surface area contributed by atoms with Gasteiger partial charge in [0.1, 0.15) is 0 Å². The zero-order valence-electron chi connectivity index (χ0n) is 7.37. The number of aryl methyl sites for hydroxylation is 1. The first-order valence-electron chi connectivity index (χ1n) is 3.88. The number of aromatic nitrogens is 2. The Hall–Kier alpha value is -1.16. The topological polar surface area (TPSA) is 60.9 Å². The van der Waals surface area contributed by atoms with Crippen molar-refractivity contribution in [2.75, 3.05) is 6.54 Å². The maximum absolute atomic E-state index is 11.3. The van der Waals surface area contributed by atoms with Crippen molar-refractivity contribution in [2.24, 2.45) is 12.8 Å². The number of hydrogen-bond donors (Lipinski definition) is 1. The van der Waals surface area contributed by atoms with Crippen LogP contribution in [0, 0.1) is 6.92 Å². The molecule has 0 unspecified atom stereocenters. The Morgan fingerprint density at radius 3 is 2.83 bits per heavy atom. The lowest BCUT2D eigenvalue weighted by atomic mass is 10.1. The van der Waals surface area contributed by atoms with Crippen molar-refractivity contribution in [3.63, 3.8) is 0 Å². The molecule has 4 heteroatoms. The van der Waals surface area contributed by atoms with E-state index in [1.54, 1.807) is 10.9 Å². The third kappa shape index (κ3) is 1.53. The Bertz CT molecular complexity index is 290. The van der Waals surface area contributed by atoms with Gasteiger partial charge in [-0.25, -0.2) is 0 Å². The zero-order valence-corrected chi connectivity index (χ0v) is 7.37. The summed E-state index contributed by atoms with van der Waals surface area (Å²) in [4.78, 5) is 11.3. The van der Waals surface area contributed by atoms with E-state index in [4.69, 9.17) is 5.73 Å². The number of nitrogens with two attached hydrogens (primary N) is 1. The van der Waals surface area contributed by atoms with Crippen molar-refractivity contribution >= 4 is 5.78 Å². The Kier molecular flexibility index (Phi) is 2.60. The van der Waals surface area contributed by atoms with Crippen molar-refractivity contribution in [2.45, 2.75) is 13.3 Å². The molecule has 66 valence electrons. The Morgan fingerprint density at radius 1 is 1.75 bits per heavy atom. The number of hydrogen-bond acceptors (Lipinski definition) is 3. The smallest absolute Gasteiger partial charge is 0.167 e. The fourth-order valence-electron chi connectivity index (χ4n) is 1.04. The van der Waals surface area contributed by atoms with Gasteiger partial charge >= 0.3 is 0 Å². The summed E-state index contributed by atoms with van der Waals surface area (Å²) in [6.45, 7) is 2.27. The van der Waals surface area contributed by atoms with Gasteiger partial charge in [-0.1, -0.05) is 0 Å². The van der Waals surface area contributed by atoms with Gasteiger partial charge in [-0.05, 0) is 13.5 Å². The summed E-state index contributed by atoms with van der Waals surface area (Å²) in [6.07, 6.45) is 1.99. The maximum atomic E-state index is 11.3. The standard InChI is InChI=1S/C8H13N3O/c1-6-7(5-10-11(6)2)8(12)3-4-9/h5H,3-4,9H2,1-2H3. The highest BCUT2D eigenvalue weighted by atomic mass is 16.1. The lowest BCUT2D eigenvalue weighted by Crippen LogP contribution is -2.08. The van der Waals surface area contributed by atoms with Crippen LogP contribution in [0.3, 0.4) is 0 Å². The van der Waals surface area contributed by atoms with Gasteiger partial charge in [-0.15, -0.1) is 0 Å². The van der Waals surface area contributed by atoms with Gasteiger partial charge in [-0.2, -0.15) is 5.10 Å². The molecular weight excluding hydrogens is 154 g/mol. The Morgan fingerprint density at radius 2 is 2.42 bits per heavy atom. The molecule has 0 bridgehead atoms. The Labute approximate surface area is 71.4 Å². The molecule has 0 amide bonds. The van der Waals surface area contributed by atoms with E-state index >= 15 is 0 Å². The highest BCUT2D eigenvalue weighted by Crippen LogP contribution is 2.07. The van der Waals surface area contributed by atoms with E-state index in [1.165, 1.54) is 0 Å². The van der Waals surface area contributed by atoms with Gasteiger partial charge < -0.3 is 5.73 Å². The normalized spacial score (nSPS) is 10.2. The molecule has 0 aliphatic carbocycles. The minimum atomic E-state index is 0.0723. The number of rotatable bonds is 3. The SMILES string of the molecule is Cc1c(C(=O)CCN)cnn1C. The summed E-state index contributed by atoms with van der Waals surface area (Å²) >= 11 is 0. The maximum Gasteiger partial charge on any atom is 0.167 e.